The Kier molecular flexibility index (Phi) is 5.76. The van der Waals surface area contributed by atoms with E-state index in [9.17, 15) is 4.79 Å². The van der Waals surface area contributed by atoms with Crippen LogP contribution in [0.25, 0.3) is 22.8 Å². The third-order valence-corrected chi connectivity index (χ3v) is 5.70. The van der Waals surface area contributed by atoms with Gasteiger partial charge in [0, 0.05) is 25.3 Å². The zero-order valence-electron chi connectivity index (χ0n) is 18.4. The van der Waals surface area contributed by atoms with E-state index in [1.165, 1.54) is 5.69 Å². The van der Waals surface area contributed by atoms with Gasteiger partial charge in [-0.15, -0.1) is 6.58 Å². The highest BCUT2D eigenvalue weighted by Gasteiger charge is 2.21. The Labute approximate surface area is 182 Å². The molecule has 4 aromatic rings. The number of rotatable bonds is 8. The first-order valence-corrected chi connectivity index (χ1v) is 10.7. The summed E-state index contributed by atoms with van der Waals surface area (Å²) in [5.74, 6) is -0.0477. The van der Waals surface area contributed by atoms with Gasteiger partial charge in [-0.25, -0.2) is 4.52 Å². The number of hydrogen-bond donors (Lipinski definition) is 0. The summed E-state index contributed by atoms with van der Waals surface area (Å²) >= 11 is 0. The lowest BCUT2D eigenvalue weighted by Gasteiger charge is -2.20. The molecule has 0 radical (unpaired) electrons. The molecule has 31 heavy (non-hydrogen) atoms. The molecular weight excluding hydrogens is 384 g/mol. The van der Waals surface area contributed by atoms with E-state index in [0.717, 1.165) is 41.0 Å². The van der Waals surface area contributed by atoms with Crippen molar-refractivity contribution in [3.8, 4) is 0 Å². The van der Waals surface area contributed by atoms with Gasteiger partial charge < -0.3 is 9.47 Å². The van der Waals surface area contributed by atoms with E-state index < -0.39 is 0 Å². The summed E-state index contributed by atoms with van der Waals surface area (Å²) in [7, 11) is 0. The van der Waals surface area contributed by atoms with E-state index in [0.29, 0.717) is 12.1 Å². The molecule has 5 heteroatoms. The molecule has 0 aliphatic carbocycles. The van der Waals surface area contributed by atoms with E-state index in [4.69, 9.17) is 0 Å². The number of anilines is 1. The van der Waals surface area contributed by atoms with Crippen LogP contribution in [0.2, 0.25) is 0 Å². The number of imidazole rings is 1. The quantitative estimate of drug-likeness (QED) is 0.217. The molecule has 0 aliphatic heterocycles. The standard InChI is InChI=1S/C26H28N4O/c1-5-18-29-22-10-8-9-11-23(22)30-26(29)25(19(4)27-30)24(31)17-14-20-12-15-21(16-13-20)28(6-2)7-3/h5,8-17H,1,6-7,18H2,2-4H3/b17-14+. The topological polar surface area (TPSA) is 42.5 Å². The molecule has 5 nitrogen and oxygen atoms in total. The van der Waals surface area contributed by atoms with Crippen molar-refractivity contribution in [3.63, 3.8) is 0 Å². The average Bonchev–Trinajstić information content (AvgIpc) is 3.28. The number of carbonyl (C=O) groups excluding carboxylic acids is 1. The minimum atomic E-state index is -0.0477. The van der Waals surface area contributed by atoms with Crippen molar-refractivity contribution in [2.75, 3.05) is 18.0 Å². The maximum Gasteiger partial charge on any atom is 0.191 e. The Hall–Kier alpha value is -3.60. The van der Waals surface area contributed by atoms with Crippen molar-refractivity contribution < 1.29 is 4.79 Å². The zero-order valence-corrected chi connectivity index (χ0v) is 18.4. The molecular formula is C26H28N4O. The molecule has 4 rings (SSSR count). The molecule has 0 saturated heterocycles. The van der Waals surface area contributed by atoms with Crippen molar-refractivity contribution in [2.24, 2.45) is 0 Å². The molecule has 0 bridgehead atoms. The summed E-state index contributed by atoms with van der Waals surface area (Å²) in [6.45, 7) is 12.6. The van der Waals surface area contributed by atoms with E-state index in [1.54, 1.807) is 6.08 Å². The number of benzene rings is 2. The van der Waals surface area contributed by atoms with E-state index >= 15 is 0 Å². The molecule has 0 atom stereocenters. The largest absolute Gasteiger partial charge is 0.372 e. The Morgan fingerprint density at radius 2 is 1.74 bits per heavy atom. The van der Waals surface area contributed by atoms with E-state index in [2.05, 4.69) is 47.1 Å². The van der Waals surface area contributed by atoms with Crippen LogP contribution >= 0.6 is 0 Å². The van der Waals surface area contributed by atoms with Crippen LogP contribution in [0.15, 0.2) is 67.3 Å². The molecule has 0 unspecified atom stereocenters. The van der Waals surface area contributed by atoms with Gasteiger partial charge in [0.2, 0.25) is 0 Å². The third kappa shape index (κ3) is 3.67. The third-order valence-electron chi connectivity index (χ3n) is 5.70. The lowest BCUT2D eigenvalue weighted by atomic mass is 10.1. The second-order valence-corrected chi connectivity index (χ2v) is 7.55. The maximum absolute atomic E-state index is 13.2. The van der Waals surface area contributed by atoms with Crippen LogP contribution < -0.4 is 4.90 Å². The number of nitrogens with zero attached hydrogens (tertiary/aromatic N) is 4. The van der Waals surface area contributed by atoms with Crippen LogP contribution in [-0.4, -0.2) is 33.1 Å². The number of allylic oxidation sites excluding steroid dienone is 2. The zero-order chi connectivity index (χ0) is 22.0. The van der Waals surface area contributed by atoms with Crippen LogP contribution in [0.4, 0.5) is 5.69 Å². The number of aryl methyl sites for hydroxylation is 1. The minimum absolute atomic E-state index is 0.0477. The van der Waals surface area contributed by atoms with Crippen LogP contribution in [0.1, 0.15) is 35.5 Å². The predicted molar refractivity (Wildman–Crippen MR) is 129 cm³/mol. The van der Waals surface area contributed by atoms with Crippen molar-refractivity contribution in [1.29, 1.82) is 0 Å². The Morgan fingerprint density at radius 1 is 1.06 bits per heavy atom. The van der Waals surface area contributed by atoms with Gasteiger partial charge >= 0.3 is 0 Å². The summed E-state index contributed by atoms with van der Waals surface area (Å²) in [6.07, 6.45) is 5.36. The maximum atomic E-state index is 13.2. The van der Waals surface area contributed by atoms with Crippen molar-refractivity contribution in [1.82, 2.24) is 14.2 Å². The van der Waals surface area contributed by atoms with Crippen molar-refractivity contribution in [3.05, 3.63) is 84.1 Å². The Balaban J connectivity index is 1.71. The summed E-state index contributed by atoms with van der Waals surface area (Å²) in [5.41, 5.74) is 6.38. The molecule has 0 aliphatic rings. The first-order chi connectivity index (χ1) is 15.1. The number of ketones is 1. The first-order valence-electron chi connectivity index (χ1n) is 10.7. The summed E-state index contributed by atoms with van der Waals surface area (Å²) < 4.78 is 3.97. The first kappa shape index (κ1) is 20.7. The van der Waals surface area contributed by atoms with Gasteiger partial charge in [-0.2, -0.15) is 5.10 Å². The Morgan fingerprint density at radius 3 is 2.39 bits per heavy atom. The van der Waals surface area contributed by atoms with Gasteiger partial charge in [0.1, 0.15) is 5.65 Å². The summed E-state index contributed by atoms with van der Waals surface area (Å²) in [6, 6.07) is 16.3. The molecule has 0 N–H and O–H groups in total. The van der Waals surface area contributed by atoms with Gasteiger partial charge in [-0.1, -0.05) is 36.4 Å². The molecule has 2 aromatic heterocycles. The van der Waals surface area contributed by atoms with Crippen molar-refractivity contribution >= 4 is 34.2 Å². The van der Waals surface area contributed by atoms with Crippen LogP contribution in [0.3, 0.4) is 0 Å². The van der Waals surface area contributed by atoms with E-state index in [1.807, 2.05) is 60.0 Å². The summed E-state index contributed by atoms with van der Waals surface area (Å²) in [4.78, 5) is 15.5. The highest BCUT2D eigenvalue weighted by molar-refractivity contribution is 6.12. The molecule has 0 saturated carbocycles. The highest BCUT2D eigenvalue weighted by atomic mass is 16.1. The fourth-order valence-electron chi connectivity index (χ4n) is 4.16. The number of aromatic nitrogens is 3. The van der Waals surface area contributed by atoms with Crippen LogP contribution in [0, 0.1) is 6.92 Å². The van der Waals surface area contributed by atoms with Gasteiger partial charge in [0.25, 0.3) is 0 Å². The SMILES string of the molecule is C=CCn1c2ccccc2n2nc(C)c(C(=O)/C=C/c3ccc(N(CC)CC)cc3)c12. The summed E-state index contributed by atoms with van der Waals surface area (Å²) in [5, 5.41) is 4.67. The number of carbonyl (C=O) groups is 1. The molecule has 0 amide bonds. The number of hydrogen-bond acceptors (Lipinski definition) is 3. The van der Waals surface area contributed by atoms with E-state index in [-0.39, 0.29) is 5.78 Å². The van der Waals surface area contributed by atoms with Crippen molar-refractivity contribution in [2.45, 2.75) is 27.3 Å². The van der Waals surface area contributed by atoms with Gasteiger partial charge in [0.15, 0.2) is 5.78 Å². The normalized spacial score (nSPS) is 11.6. The fourth-order valence-corrected chi connectivity index (χ4v) is 4.16. The van der Waals surface area contributed by atoms with Crippen LogP contribution in [-0.2, 0) is 6.54 Å². The number of fused-ring (bicyclic) bond motifs is 3. The molecule has 2 heterocycles. The monoisotopic (exact) mass is 412 g/mol. The van der Waals surface area contributed by atoms with Crippen LogP contribution in [0.5, 0.6) is 0 Å². The second kappa shape index (κ2) is 8.64. The van der Waals surface area contributed by atoms with Gasteiger partial charge in [0.05, 0.1) is 22.3 Å². The lowest BCUT2D eigenvalue weighted by Crippen LogP contribution is -2.21. The predicted octanol–water partition coefficient (Wildman–Crippen LogP) is 5.53. The smallest absolute Gasteiger partial charge is 0.191 e. The van der Waals surface area contributed by atoms with Gasteiger partial charge in [-0.3, -0.25) is 4.79 Å². The molecule has 2 aromatic carbocycles. The number of para-hydroxylation sites is 2. The Bertz CT molecular complexity index is 1270. The minimum Gasteiger partial charge on any atom is -0.372 e. The van der Waals surface area contributed by atoms with Gasteiger partial charge in [-0.05, 0) is 56.7 Å². The molecule has 158 valence electrons. The lowest BCUT2D eigenvalue weighted by molar-refractivity contribution is 0.104. The molecule has 0 fully saturated rings. The molecule has 0 spiro atoms. The average molecular weight is 413 g/mol. The highest BCUT2D eigenvalue weighted by Crippen LogP contribution is 2.26. The second-order valence-electron chi connectivity index (χ2n) is 7.55. The fraction of sp³-hybridized carbons (Fsp3) is 0.231.